The van der Waals surface area contributed by atoms with Crippen LogP contribution in [-0.4, -0.2) is 25.3 Å². The Hall–Kier alpha value is -2.17. The molecule has 3 heterocycles. The monoisotopic (exact) mass is 270 g/mol. The second-order valence-electron chi connectivity index (χ2n) is 5.52. The Morgan fingerprint density at radius 1 is 1.25 bits per heavy atom. The van der Waals surface area contributed by atoms with Gasteiger partial charge in [0, 0.05) is 25.6 Å². The van der Waals surface area contributed by atoms with Gasteiger partial charge in [0.1, 0.15) is 5.82 Å². The average molecular weight is 270 g/mol. The fourth-order valence-corrected chi connectivity index (χ4v) is 2.83. The van der Waals surface area contributed by atoms with Gasteiger partial charge in [-0.1, -0.05) is 13.8 Å². The van der Waals surface area contributed by atoms with Gasteiger partial charge in [-0.2, -0.15) is 0 Å². The first-order chi connectivity index (χ1) is 9.59. The third-order valence-electron chi connectivity index (χ3n) is 3.79. The van der Waals surface area contributed by atoms with Crippen molar-refractivity contribution < 1.29 is 4.79 Å². The van der Waals surface area contributed by atoms with Crippen LogP contribution >= 0.6 is 0 Å². The van der Waals surface area contributed by atoms with Crippen LogP contribution in [0.4, 0.5) is 0 Å². The van der Waals surface area contributed by atoms with E-state index < -0.39 is 0 Å². The molecule has 0 fully saturated rings. The van der Waals surface area contributed by atoms with E-state index in [1.807, 2.05) is 34.8 Å². The molecule has 104 valence electrons. The highest BCUT2D eigenvalue weighted by molar-refractivity contribution is 5.97. The van der Waals surface area contributed by atoms with Gasteiger partial charge in [-0.15, -0.1) is 0 Å². The van der Waals surface area contributed by atoms with Crippen molar-refractivity contribution in [2.45, 2.75) is 26.4 Å². The molecule has 0 unspecified atom stereocenters. The second-order valence-corrected chi connectivity index (χ2v) is 5.52. The highest BCUT2D eigenvalue weighted by atomic mass is 16.2. The predicted octanol–water partition coefficient (Wildman–Crippen LogP) is 2.17. The van der Waals surface area contributed by atoms with Gasteiger partial charge in [0.25, 0.3) is 5.91 Å². The van der Waals surface area contributed by atoms with Crippen LogP contribution in [-0.2, 0) is 13.6 Å². The maximum absolute atomic E-state index is 12.6. The number of aryl methyl sites for hydroxylation is 1. The van der Waals surface area contributed by atoms with E-state index >= 15 is 0 Å². The number of rotatable bonds is 3. The van der Waals surface area contributed by atoms with E-state index in [1.165, 1.54) is 0 Å². The van der Waals surface area contributed by atoms with Crippen LogP contribution in [0.15, 0.2) is 30.7 Å². The molecule has 2 aromatic heterocycles. The first kappa shape index (κ1) is 12.8. The summed E-state index contributed by atoms with van der Waals surface area (Å²) in [7, 11) is 1.96. The molecule has 0 saturated carbocycles. The van der Waals surface area contributed by atoms with E-state index in [0.717, 1.165) is 11.5 Å². The van der Waals surface area contributed by atoms with E-state index in [-0.39, 0.29) is 17.9 Å². The van der Waals surface area contributed by atoms with Crippen molar-refractivity contribution in [2.24, 2.45) is 13.0 Å². The number of aromatic nitrogens is 3. The SMILES string of the molecule is CC(C)[C@@H](c1nccn1C)N1Cc2ncccc2C1=O. The Bertz CT molecular complexity index is 647. The molecular weight excluding hydrogens is 252 g/mol. The molecule has 0 spiro atoms. The molecule has 1 atom stereocenters. The van der Waals surface area contributed by atoms with Crippen molar-refractivity contribution in [3.8, 4) is 0 Å². The molecule has 20 heavy (non-hydrogen) atoms. The van der Waals surface area contributed by atoms with E-state index in [2.05, 4.69) is 23.8 Å². The second kappa shape index (κ2) is 4.74. The lowest BCUT2D eigenvalue weighted by atomic mass is 10.0. The van der Waals surface area contributed by atoms with Gasteiger partial charge in [-0.3, -0.25) is 9.78 Å². The van der Waals surface area contributed by atoms with Gasteiger partial charge in [-0.25, -0.2) is 4.98 Å². The molecule has 5 heteroatoms. The van der Waals surface area contributed by atoms with Gasteiger partial charge >= 0.3 is 0 Å². The Kier molecular flexibility index (Phi) is 3.04. The van der Waals surface area contributed by atoms with E-state index in [0.29, 0.717) is 12.1 Å². The molecule has 0 radical (unpaired) electrons. The lowest BCUT2D eigenvalue weighted by Crippen LogP contribution is -2.34. The maximum atomic E-state index is 12.6. The first-order valence-corrected chi connectivity index (χ1v) is 6.81. The lowest BCUT2D eigenvalue weighted by Gasteiger charge is -2.30. The third kappa shape index (κ3) is 1.90. The van der Waals surface area contributed by atoms with Crippen molar-refractivity contribution in [1.82, 2.24) is 19.4 Å². The number of amides is 1. The summed E-state index contributed by atoms with van der Waals surface area (Å²) in [6, 6.07) is 3.63. The summed E-state index contributed by atoms with van der Waals surface area (Å²) < 4.78 is 1.98. The van der Waals surface area contributed by atoms with Gasteiger partial charge in [0.2, 0.25) is 0 Å². The Labute approximate surface area is 118 Å². The third-order valence-corrected chi connectivity index (χ3v) is 3.79. The van der Waals surface area contributed by atoms with Crippen LogP contribution in [0.1, 0.15) is 41.8 Å². The van der Waals surface area contributed by atoms with Gasteiger partial charge < -0.3 is 9.47 Å². The van der Waals surface area contributed by atoms with Crippen LogP contribution in [0.5, 0.6) is 0 Å². The Balaban J connectivity index is 2.00. The average Bonchev–Trinajstić information content (AvgIpc) is 2.97. The quantitative estimate of drug-likeness (QED) is 0.859. The molecule has 1 aliphatic rings. The summed E-state index contributed by atoms with van der Waals surface area (Å²) in [5.41, 5.74) is 1.57. The number of carbonyl (C=O) groups excluding carboxylic acids is 1. The number of nitrogens with zero attached hydrogens (tertiary/aromatic N) is 4. The van der Waals surface area contributed by atoms with Crippen LogP contribution in [0.3, 0.4) is 0 Å². The molecule has 1 aliphatic heterocycles. The minimum Gasteiger partial charge on any atom is -0.336 e. The van der Waals surface area contributed by atoms with Crippen molar-refractivity contribution in [3.05, 3.63) is 47.8 Å². The normalized spacial score (nSPS) is 15.8. The summed E-state index contributed by atoms with van der Waals surface area (Å²) in [6.45, 7) is 4.79. The van der Waals surface area contributed by atoms with Crippen molar-refractivity contribution in [1.29, 1.82) is 0 Å². The van der Waals surface area contributed by atoms with Gasteiger partial charge in [0.05, 0.1) is 23.8 Å². The molecule has 0 aromatic carbocycles. The van der Waals surface area contributed by atoms with Crippen molar-refractivity contribution in [2.75, 3.05) is 0 Å². The summed E-state index contributed by atoms with van der Waals surface area (Å²) in [5.74, 6) is 1.25. The lowest BCUT2D eigenvalue weighted by molar-refractivity contribution is 0.0632. The molecule has 2 aromatic rings. The standard InChI is InChI=1S/C15H18N4O/c1-10(2)13(14-17-7-8-18(14)3)19-9-12-11(15(19)20)5-4-6-16-12/h4-8,10,13H,9H2,1-3H3/t13-/m0/s1. The molecule has 5 nitrogen and oxygen atoms in total. The molecular formula is C15H18N4O. The van der Waals surface area contributed by atoms with Gasteiger partial charge in [0.15, 0.2) is 0 Å². The zero-order valence-corrected chi connectivity index (χ0v) is 11.9. The van der Waals surface area contributed by atoms with E-state index in [9.17, 15) is 4.79 Å². The number of carbonyl (C=O) groups is 1. The Morgan fingerprint density at radius 3 is 2.65 bits per heavy atom. The molecule has 0 bridgehead atoms. The van der Waals surface area contributed by atoms with Gasteiger partial charge in [-0.05, 0) is 18.1 Å². The zero-order valence-electron chi connectivity index (χ0n) is 11.9. The van der Waals surface area contributed by atoms with E-state index in [4.69, 9.17) is 0 Å². The highest BCUT2D eigenvalue weighted by Crippen LogP contribution is 2.34. The maximum Gasteiger partial charge on any atom is 0.256 e. The number of pyridine rings is 1. The summed E-state index contributed by atoms with van der Waals surface area (Å²) in [4.78, 5) is 23.2. The van der Waals surface area contributed by atoms with Crippen molar-refractivity contribution in [3.63, 3.8) is 0 Å². The summed E-state index contributed by atoms with van der Waals surface area (Å²) >= 11 is 0. The number of fused-ring (bicyclic) bond motifs is 1. The highest BCUT2D eigenvalue weighted by Gasteiger charge is 2.37. The number of hydrogen-bond acceptors (Lipinski definition) is 3. The van der Waals surface area contributed by atoms with Crippen LogP contribution in [0.25, 0.3) is 0 Å². The number of hydrogen-bond donors (Lipinski definition) is 0. The summed E-state index contributed by atoms with van der Waals surface area (Å²) in [6.07, 6.45) is 5.42. The Morgan fingerprint density at radius 2 is 2.05 bits per heavy atom. The molecule has 0 saturated heterocycles. The smallest absolute Gasteiger partial charge is 0.256 e. The van der Waals surface area contributed by atoms with Crippen LogP contribution in [0.2, 0.25) is 0 Å². The van der Waals surface area contributed by atoms with Crippen LogP contribution < -0.4 is 0 Å². The van der Waals surface area contributed by atoms with Crippen LogP contribution in [0, 0.1) is 5.92 Å². The minimum atomic E-state index is -0.0308. The molecule has 0 aliphatic carbocycles. The fraction of sp³-hybridized carbons (Fsp3) is 0.400. The summed E-state index contributed by atoms with van der Waals surface area (Å²) in [5, 5.41) is 0. The van der Waals surface area contributed by atoms with Crippen molar-refractivity contribution >= 4 is 5.91 Å². The number of imidazole rings is 1. The zero-order chi connectivity index (χ0) is 14.3. The fourth-order valence-electron chi connectivity index (χ4n) is 2.83. The minimum absolute atomic E-state index is 0.0308. The predicted molar refractivity (Wildman–Crippen MR) is 74.9 cm³/mol. The first-order valence-electron chi connectivity index (χ1n) is 6.81. The molecule has 3 rings (SSSR count). The largest absolute Gasteiger partial charge is 0.336 e. The molecule has 0 N–H and O–H groups in total. The topological polar surface area (TPSA) is 51.0 Å². The van der Waals surface area contributed by atoms with E-state index in [1.54, 1.807) is 12.4 Å². The molecule has 1 amide bonds.